The van der Waals surface area contributed by atoms with Gasteiger partial charge in [0, 0.05) is 6.07 Å². The largest absolute Gasteiger partial charge is 0.500 e. The third-order valence-corrected chi connectivity index (χ3v) is 2.45. The molecule has 0 saturated heterocycles. The van der Waals surface area contributed by atoms with Crippen molar-refractivity contribution in [2.45, 2.75) is 13.8 Å². The van der Waals surface area contributed by atoms with Crippen LogP contribution in [0.5, 0.6) is 0 Å². The van der Waals surface area contributed by atoms with E-state index in [1.807, 2.05) is 0 Å². The molecule has 0 heterocycles. The molecule has 0 atom stereocenters. The Kier molecular flexibility index (Phi) is 6.09. The van der Waals surface area contributed by atoms with Crippen LogP contribution in [0.15, 0.2) is 17.9 Å². The summed E-state index contributed by atoms with van der Waals surface area (Å²) in [5, 5.41) is 0. The number of ether oxygens (including phenoxy) is 2. The molecule has 120 valence electrons. The SMILES string of the molecule is CCO/C=C(\C(=O)OCC)C(=O)c1c(F)cc(F)c(F)c1F. The van der Waals surface area contributed by atoms with Crippen molar-refractivity contribution in [3.63, 3.8) is 0 Å². The number of carbonyl (C=O) groups is 2. The van der Waals surface area contributed by atoms with Gasteiger partial charge in [-0.25, -0.2) is 22.4 Å². The summed E-state index contributed by atoms with van der Waals surface area (Å²) in [7, 11) is 0. The van der Waals surface area contributed by atoms with Crippen LogP contribution in [0.1, 0.15) is 24.2 Å². The highest BCUT2D eigenvalue weighted by atomic mass is 19.2. The standard InChI is InChI=1S/C14H12F4O4/c1-3-21-6-7(14(20)22-4-2)13(19)10-8(15)5-9(16)11(17)12(10)18/h5-6H,3-4H2,1-2H3/b7-6-. The zero-order valence-corrected chi connectivity index (χ0v) is 11.7. The van der Waals surface area contributed by atoms with Crippen LogP contribution in [0.25, 0.3) is 0 Å². The van der Waals surface area contributed by atoms with Gasteiger partial charge in [-0.1, -0.05) is 0 Å². The molecule has 0 aromatic heterocycles. The van der Waals surface area contributed by atoms with E-state index in [2.05, 4.69) is 4.74 Å². The van der Waals surface area contributed by atoms with Gasteiger partial charge in [-0.2, -0.15) is 0 Å². The number of carbonyl (C=O) groups excluding carboxylic acids is 2. The molecule has 4 nitrogen and oxygen atoms in total. The minimum atomic E-state index is -2.03. The first kappa shape index (κ1) is 17.7. The van der Waals surface area contributed by atoms with E-state index in [-0.39, 0.29) is 19.3 Å². The summed E-state index contributed by atoms with van der Waals surface area (Å²) in [5.74, 6) is -10.2. The second-order valence-electron chi connectivity index (χ2n) is 3.88. The van der Waals surface area contributed by atoms with Crippen molar-refractivity contribution in [1.29, 1.82) is 0 Å². The second kappa shape index (κ2) is 7.58. The monoisotopic (exact) mass is 320 g/mol. The minimum absolute atomic E-state index is 0.00903. The summed E-state index contributed by atoms with van der Waals surface area (Å²) in [6.07, 6.45) is 0.653. The fourth-order valence-electron chi connectivity index (χ4n) is 1.48. The van der Waals surface area contributed by atoms with Crippen molar-refractivity contribution in [2.75, 3.05) is 13.2 Å². The van der Waals surface area contributed by atoms with E-state index in [1.165, 1.54) is 13.8 Å². The molecule has 0 saturated carbocycles. The maximum Gasteiger partial charge on any atom is 0.345 e. The summed E-state index contributed by atoms with van der Waals surface area (Å²) in [6.45, 7) is 2.92. The number of esters is 1. The van der Waals surface area contributed by atoms with E-state index in [9.17, 15) is 27.2 Å². The summed E-state index contributed by atoms with van der Waals surface area (Å²) in [5.41, 5.74) is -2.24. The summed E-state index contributed by atoms with van der Waals surface area (Å²) >= 11 is 0. The lowest BCUT2D eigenvalue weighted by Gasteiger charge is -2.09. The highest BCUT2D eigenvalue weighted by Gasteiger charge is 2.30. The van der Waals surface area contributed by atoms with Crippen LogP contribution in [-0.4, -0.2) is 25.0 Å². The molecule has 8 heteroatoms. The number of halogens is 4. The molecular weight excluding hydrogens is 308 g/mol. The molecule has 0 unspecified atom stereocenters. The predicted molar refractivity (Wildman–Crippen MR) is 66.9 cm³/mol. The van der Waals surface area contributed by atoms with Gasteiger partial charge in [0.05, 0.1) is 18.8 Å². The molecular formula is C14H12F4O4. The molecule has 0 aliphatic heterocycles. The van der Waals surface area contributed by atoms with Gasteiger partial charge in [-0.15, -0.1) is 0 Å². The lowest BCUT2D eigenvalue weighted by atomic mass is 10.0. The van der Waals surface area contributed by atoms with Crippen LogP contribution < -0.4 is 0 Å². The van der Waals surface area contributed by atoms with Gasteiger partial charge in [0.15, 0.2) is 17.5 Å². The van der Waals surface area contributed by atoms with Gasteiger partial charge in [-0.05, 0) is 13.8 Å². The van der Waals surface area contributed by atoms with Crippen LogP contribution in [0, 0.1) is 23.3 Å². The zero-order valence-electron chi connectivity index (χ0n) is 11.7. The van der Waals surface area contributed by atoms with E-state index in [4.69, 9.17) is 4.74 Å². The van der Waals surface area contributed by atoms with Gasteiger partial charge in [0.1, 0.15) is 17.7 Å². The van der Waals surface area contributed by atoms with E-state index >= 15 is 0 Å². The van der Waals surface area contributed by atoms with Crippen LogP contribution >= 0.6 is 0 Å². The average molecular weight is 320 g/mol. The molecule has 22 heavy (non-hydrogen) atoms. The van der Waals surface area contributed by atoms with Crippen molar-refractivity contribution in [2.24, 2.45) is 0 Å². The number of hydrogen-bond donors (Lipinski definition) is 0. The van der Waals surface area contributed by atoms with Gasteiger partial charge < -0.3 is 9.47 Å². The Balaban J connectivity index is 3.37. The Morgan fingerprint density at radius 2 is 1.68 bits per heavy atom. The molecule has 1 aromatic carbocycles. The quantitative estimate of drug-likeness (QED) is 0.0931. The smallest absolute Gasteiger partial charge is 0.345 e. The normalized spacial score (nSPS) is 11.3. The lowest BCUT2D eigenvalue weighted by molar-refractivity contribution is -0.138. The number of Topliss-reactive ketones (excluding diaryl/α,β-unsaturated/α-hetero) is 1. The summed E-state index contributed by atoms with van der Waals surface area (Å²) < 4.78 is 62.5. The second-order valence-corrected chi connectivity index (χ2v) is 3.88. The van der Waals surface area contributed by atoms with Crippen LogP contribution in [0.3, 0.4) is 0 Å². The Hall–Kier alpha value is -2.38. The molecule has 1 rings (SSSR count). The highest BCUT2D eigenvalue weighted by molar-refractivity contribution is 6.24. The van der Waals surface area contributed by atoms with Gasteiger partial charge in [0.25, 0.3) is 0 Å². The molecule has 1 aromatic rings. The fourth-order valence-corrected chi connectivity index (χ4v) is 1.48. The Bertz CT molecular complexity index is 626. The van der Waals surface area contributed by atoms with Crippen molar-refractivity contribution < 1.29 is 36.6 Å². The number of hydrogen-bond acceptors (Lipinski definition) is 4. The molecule has 0 aliphatic rings. The first-order valence-corrected chi connectivity index (χ1v) is 6.21. The van der Waals surface area contributed by atoms with E-state index < -0.39 is 46.2 Å². The van der Waals surface area contributed by atoms with Crippen molar-refractivity contribution in [1.82, 2.24) is 0 Å². The van der Waals surface area contributed by atoms with E-state index in [1.54, 1.807) is 0 Å². The third-order valence-electron chi connectivity index (χ3n) is 2.45. The van der Waals surface area contributed by atoms with Gasteiger partial charge >= 0.3 is 5.97 Å². The number of rotatable bonds is 6. The van der Waals surface area contributed by atoms with Crippen LogP contribution in [0.4, 0.5) is 17.6 Å². The summed E-state index contributed by atoms with van der Waals surface area (Å²) in [4.78, 5) is 23.7. The number of ketones is 1. The van der Waals surface area contributed by atoms with Crippen molar-refractivity contribution in [3.05, 3.63) is 46.7 Å². The molecule has 0 N–H and O–H groups in total. The van der Waals surface area contributed by atoms with Gasteiger partial charge in [-0.3, -0.25) is 4.79 Å². The third kappa shape index (κ3) is 3.63. The van der Waals surface area contributed by atoms with E-state index in [0.717, 1.165) is 0 Å². The molecule has 0 spiro atoms. The van der Waals surface area contributed by atoms with Crippen LogP contribution in [-0.2, 0) is 14.3 Å². The average Bonchev–Trinajstić information content (AvgIpc) is 2.45. The number of benzene rings is 1. The predicted octanol–water partition coefficient (Wildman–Crippen LogP) is 2.91. The maximum absolute atomic E-state index is 13.6. The molecule has 0 aliphatic carbocycles. The van der Waals surface area contributed by atoms with Crippen molar-refractivity contribution in [3.8, 4) is 0 Å². The van der Waals surface area contributed by atoms with Crippen LogP contribution in [0.2, 0.25) is 0 Å². The summed E-state index contributed by atoms with van der Waals surface area (Å²) in [6, 6.07) is 0.00903. The molecule has 0 amide bonds. The zero-order chi connectivity index (χ0) is 16.9. The first-order valence-electron chi connectivity index (χ1n) is 6.21. The molecule has 0 radical (unpaired) electrons. The Morgan fingerprint density at radius 1 is 1.05 bits per heavy atom. The molecule has 0 fully saturated rings. The van der Waals surface area contributed by atoms with E-state index in [0.29, 0.717) is 6.26 Å². The topological polar surface area (TPSA) is 52.6 Å². The first-order chi connectivity index (χ1) is 10.3. The maximum atomic E-state index is 13.6. The Morgan fingerprint density at radius 3 is 2.23 bits per heavy atom. The highest BCUT2D eigenvalue weighted by Crippen LogP contribution is 2.22. The Labute approximate surface area is 123 Å². The van der Waals surface area contributed by atoms with Gasteiger partial charge in [0.2, 0.25) is 5.78 Å². The minimum Gasteiger partial charge on any atom is -0.500 e. The van der Waals surface area contributed by atoms with Crippen molar-refractivity contribution >= 4 is 11.8 Å². The lowest BCUT2D eigenvalue weighted by Crippen LogP contribution is -2.20. The fraction of sp³-hybridized carbons (Fsp3) is 0.286. The molecule has 0 bridgehead atoms.